The third-order valence-corrected chi connectivity index (χ3v) is 6.06. The molecule has 2 aromatic carbocycles. The van der Waals surface area contributed by atoms with Crippen molar-refractivity contribution in [2.24, 2.45) is 0 Å². The molecule has 0 N–H and O–H groups in total. The smallest absolute Gasteiger partial charge is 0.311 e. The number of methoxy groups -OCH3 is 3. The highest BCUT2D eigenvalue weighted by Crippen LogP contribution is 2.33. The molecule has 0 aliphatic heterocycles. The predicted molar refractivity (Wildman–Crippen MR) is 119 cm³/mol. The van der Waals surface area contributed by atoms with Crippen LogP contribution in [0.1, 0.15) is 24.0 Å². The number of benzene rings is 2. The molecule has 0 saturated heterocycles. The lowest BCUT2D eigenvalue weighted by Crippen LogP contribution is -2.34. The number of nitro benzene ring substituents is 1. The molecular weight excluding hydrogens is 420 g/mol. The summed E-state index contributed by atoms with van der Waals surface area (Å²) in [5.74, 6) is 2.49. The summed E-state index contributed by atoms with van der Waals surface area (Å²) in [6, 6.07) is 10.7. The van der Waals surface area contributed by atoms with E-state index in [-0.39, 0.29) is 23.4 Å². The number of carbonyl (C=O) groups is 1. The van der Waals surface area contributed by atoms with Gasteiger partial charge in [-0.25, -0.2) is 0 Å². The van der Waals surface area contributed by atoms with Gasteiger partial charge in [0, 0.05) is 30.0 Å². The summed E-state index contributed by atoms with van der Waals surface area (Å²) < 4.78 is 15.8. The molecule has 0 heterocycles. The van der Waals surface area contributed by atoms with Gasteiger partial charge in [0.05, 0.1) is 32.0 Å². The fraction of sp³-hybridized carbons (Fsp3) is 0.409. The number of rotatable bonds is 11. The fourth-order valence-corrected chi connectivity index (χ4v) is 4.16. The highest BCUT2D eigenvalue weighted by molar-refractivity contribution is 7.99. The Balaban J connectivity index is 1.63. The monoisotopic (exact) mass is 446 g/mol. The van der Waals surface area contributed by atoms with Gasteiger partial charge in [0.15, 0.2) is 5.75 Å². The number of nitrogens with zero attached hydrogens (tertiary/aromatic N) is 2. The van der Waals surface area contributed by atoms with Gasteiger partial charge in [-0.05, 0) is 42.7 Å². The topological polar surface area (TPSA) is 91.1 Å². The molecule has 1 fully saturated rings. The Kier molecular flexibility index (Phi) is 7.62. The number of ether oxygens (including phenoxy) is 3. The Morgan fingerprint density at radius 3 is 2.42 bits per heavy atom. The second-order valence-corrected chi connectivity index (χ2v) is 8.17. The first-order valence-corrected chi connectivity index (χ1v) is 11.0. The van der Waals surface area contributed by atoms with E-state index >= 15 is 0 Å². The normalized spacial score (nSPS) is 12.9. The Bertz CT molecular complexity index is 948. The largest absolute Gasteiger partial charge is 0.497 e. The van der Waals surface area contributed by atoms with E-state index < -0.39 is 4.92 Å². The molecule has 2 aromatic rings. The standard InChI is InChI=1S/C22H26N2O6S/c1-28-18-7-9-20(29-2)16(11-18)12-23(17-5-6-17)22(25)14-31-13-15-4-8-21(30-3)19(10-15)24(26)27/h4,7-11,17H,5-6,12-14H2,1-3H3. The van der Waals surface area contributed by atoms with Crippen LogP contribution in [0.15, 0.2) is 36.4 Å². The first kappa shape index (κ1) is 22.7. The average molecular weight is 447 g/mol. The van der Waals surface area contributed by atoms with Gasteiger partial charge in [-0.3, -0.25) is 14.9 Å². The molecule has 0 bridgehead atoms. The van der Waals surface area contributed by atoms with Crippen molar-refractivity contribution in [2.75, 3.05) is 27.1 Å². The minimum Gasteiger partial charge on any atom is -0.497 e. The van der Waals surface area contributed by atoms with Gasteiger partial charge in [0.2, 0.25) is 5.91 Å². The van der Waals surface area contributed by atoms with Gasteiger partial charge >= 0.3 is 5.69 Å². The maximum absolute atomic E-state index is 13.0. The average Bonchev–Trinajstić information content (AvgIpc) is 3.62. The molecule has 1 aliphatic carbocycles. The molecular formula is C22H26N2O6S. The number of hydrogen-bond acceptors (Lipinski definition) is 7. The van der Waals surface area contributed by atoms with Gasteiger partial charge in [0.25, 0.3) is 0 Å². The van der Waals surface area contributed by atoms with Crippen LogP contribution >= 0.6 is 11.8 Å². The number of hydrogen-bond donors (Lipinski definition) is 0. The van der Waals surface area contributed by atoms with E-state index in [1.807, 2.05) is 23.1 Å². The van der Waals surface area contributed by atoms with Crippen molar-refractivity contribution < 1.29 is 23.9 Å². The Hall–Kier alpha value is -2.94. The van der Waals surface area contributed by atoms with Gasteiger partial charge in [-0.15, -0.1) is 11.8 Å². The van der Waals surface area contributed by atoms with E-state index in [1.165, 1.54) is 24.9 Å². The van der Waals surface area contributed by atoms with Crippen LogP contribution < -0.4 is 14.2 Å². The first-order valence-electron chi connectivity index (χ1n) is 9.86. The quantitative estimate of drug-likeness (QED) is 0.380. The molecule has 0 radical (unpaired) electrons. The Labute approximate surface area is 185 Å². The van der Waals surface area contributed by atoms with Gasteiger partial charge in [-0.1, -0.05) is 6.07 Å². The second-order valence-electron chi connectivity index (χ2n) is 7.19. The molecule has 166 valence electrons. The predicted octanol–water partition coefficient (Wildman–Crippen LogP) is 4.05. The van der Waals surface area contributed by atoms with Crippen molar-refractivity contribution >= 4 is 23.4 Å². The van der Waals surface area contributed by atoms with E-state index in [2.05, 4.69) is 0 Å². The lowest BCUT2D eigenvalue weighted by Gasteiger charge is -2.24. The molecule has 0 unspecified atom stereocenters. The molecule has 0 aromatic heterocycles. The van der Waals surface area contributed by atoms with Crippen LogP contribution in [-0.2, 0) is 17.1 Å². The van der Waals surface area contributed by atoms with E-state index in [1.54, 1.807) is 26.4 Å². The van der Waals surface area contributed by atoms with E-state index in [4.69, 9.17) is 14.2 Å². The number of carbonyl (C=O) groups excluding carboxylic acids is 1. The molecule has 8 nitrogen and oxygen atoms in total. The molecule has 1 aliphatic rings. The first-order chi connectivity index (χ1) is 15.0. The van der Waals surface area contributed by atoms with Crippen LogP contribution in [0.25, 0.3) is 0 Å². The van der Waals surface area contributed by atoms with Crippen molar-refractivity contribution in [2.45, 2.75) is 31.2 Å². The highest BCUT2D eigenvalue weighted by Gasteiger charge is 2.33. The highest BCUT2D eigenvalue weighted by atomic mass is 32.2. The third kappa shape index (κ3) is 5.81. The van der Waals surface area contributed by atoms with Crippen molar-refractivity contribution in [3.8, 4) is 17.2 Å². The minimum atomic E-state index is -0.464. The van der Waals surface area contributed by atoms with Gasteiger partial charge in [-0.2, -0.15) is 0 Å². The Morgan fingerprint density at radius 2 is 1.81 bits per heavy atom. The van der Waals surface area contributed by atoms with Gasteiger partial charge < -0.3 is 19.1 Å². The lowest BCUT2D eigenvalue weighted by molar-refractivity contribution is -0.385. The summed E-state index contributed by atoms with van der Waals surface area (Å²) >= 11 is 1.44. The lowest BCUT2D eigenvalue weighted by atomic mass is 10.1. The third-order valence-electron chi connectivity index (χ3n) is 5.07. The van der Waals surface area contributed by atoms with E-state index in [0.717, 1.165) is 35.5 Å². The fourth-order valence-electron chi connectivity index (χ4n) is 3.30. The minimum absolute atomic E-state index is 0.0420. The van der Waals surface area contributed by atoms with Crippen molar-refractivity contribution in [1.82, 2.24) is 4.90 Å². The summed E-state index contributed by atoms with van der Waals surface area (Å²) in [4.78, 5) is 25.6. The molecule has 3 rings (SSSR count). The second kappa shape index (κ2) is 10.4. The summed E-state index contributed by atoms with van der Waals surface area (Å²) in [7, 11) is 4.62. The summed E-state index contributed by atoms with van der Waals surface area (Å²) in [6.07, 6.45) is 1.99. The number of amides is 1. The summed E-state index contributed by atoms with van der Waals surface area (Å²) in [6.45, 7) is 0.457. The molecule has 31 heavy (non-hydrogen) atoms. The van der Waals surface area contributed by atoms with Crippen molar-refractivity contribution in [1.29, 1.82) is 0 Å². The van der Waals surface area contributed by atoms with Crippen LogP contribution in [0.5, 0.6) is 17.2 Å². The van der Waals surface area contributed by atoms with Crippen LogP contribution in [0, 0.1) is 10.1 Å². The van der Waals surface area contributed by atoms with Crippen LogP contribution in [-0.4, -0.2) is 48.9 Å². The molecule has 9 heteroatoms. The molecule has 1 saturated carbocycles. The number of nitro groups is 1. The zero-order valence-electron chi connectivity index (χ0n) is 17.8. The van der Waals surface area contributed by atoms with Gasteiger partial charge in [0.1, 0.15) is 11.5 Å². The SMILES string of the molecule is COc1ccc(OC)c(CN(C(=O)CSCc2ccc(OC)c([N+](=O)[O-])c2)C2CC2)c1. The zero-order chi connectivity index (χ0) is 22.4. The molecule has 0 atom stereocenters. The van der Waals surface area contributed by atoms with Crippen molar-refractivity contribution in [3.05, 3.63) is 57.6 Å². The van der Waals surface area contributed by atoms with E-state index in [0.29, 0.717) is 18.1 Å². The maximum Gasteiger partial charge on any atom is 0.311 e. The number of thioether (sulfide) groups is 1. The summed E-state index contributed by atoms with van der Waals surface area (Å²) in [5, 5.41) is 11.2. The van der Waals surface area contributed by atoms with Crippen molar-refractivity contribution in [3.63, 3.8) is 0 Å². The molecule has 1 amide bonds. The van der Waals surface area contributed by atoms with Crippen LogP contribution in [0.3, 0.4) is 0 Å². The summed E-state index contributed by atoms with van der Waals surface area (Å²) in [5.41, 5.74) is 1.60. The van der Waals surface area contributed by atoms with Crippen LogP contribution in [0.2, 0.25) is 0 Å². The van der Waals surface area contributed by atoms with Crippen LogP contribution in [0.4, 0.5) is 5.69 Å². The molecule has 0 spiro atoms. The Morgan fingerprint density at radius 1 is 1.10 bits per heavy atom. The van der Waals surface area contributed by atoms with E-state index in [9.17, 15) is 14.9 Å². The zero-order valence-corrected chi connectivity index (χ0v) is 18.6. The maximum atomic E-state index is 13.0.